The standard InChI is InChI=1S/C10H10BrNO4/c11-8-5-15-6-16-10(8)7-3-1-2-4-9(7)12(13)14/h1-4,8,10H,5-6H2/t8-,10-/m1/s1. The first-order valence-electron chi connectivity index (χ1n) is 4.77. The van der Waals surface area contributed by atoms with Crippen LogP contribution in [0.15, 0.2) is 24.3 Å². The second-order valence-electron chi connectivity index (χ2n) is 3.41. The third-order valence-corrected chi connectivity index (χ3v) is 3.12. The molecule has 0 aromatic heterocycles. The highest BCUT2D eigenvalue weighted by Gasteiger charge is 2.30. The fraction of sp³-hybridized carbons (Fsp3) is 0.400. The maximum atomic E-state index is 10.9. The van der Waals surface area contributed by atoms with Gasteiger partial charge in [-0.05, 0) is 6.07 Å². The summed E-state index contributed by atoms with van der Waals surface area (Å²) in [5, 5.41) is 10.9. The van der Waals surface area contributed by atoms with Crippen molar-refractivity contribution in [3.05, 3.63) is 39.9 Å². The van der Waals surface area contributed by atoms with E-state index < -0.39 is 4.92 Å². The molecule has 0 aliphatic carbocycles. The molecule has 16 heavy (non-hydrogen) atoms. The van der Waals surface area contributed by atoms with Gasteiger partial charge < -0.3 is 9.47 Å². The van der Waals surface area contributed by atoms with Gasteiger partial charge in [-0.15, -0.1) is 0 Å². The molecule has 1 fully saturated rings. The highest BCUT2D eigenvalue weighted by Crippen LogP contribution is 2.34. The molecule has 0 N–H and O–H groups in total. The molecule has 5 nitrogen and oxygen atoms in total. The van der Waals surface area contributed by atoms with Crippen molar-refractivity contribution in [3.63, 3.8) is 0 Å². The quantitative estimate of drug-likeness (QED) is 0.476. The first-order chi connectivity index (χ1) is 7.70. The van der Waals surface area contributed by atoms with E-state index >= 15 is 0 Å². The molecule has 0 unspecified atom stereocenters. The largest absolute Gasteiger partial charge is 0.354 e. The van der Waals surface area contributed by atoms with E-state index in [9.17, 15) is 10.1 Å². The lowest BCUT2D eigenvalue weighted by Crippen LogP contribution is -2.28. The minimum absolute atomic E-state index is 0.0673. The summed E-state index contributed by atoms with van der Waals surface area (Å²) in [6.45, 7) is 0.648. The second-order valence-corrected chi connectivity index (χ2v) is 4.58. The van der Waals surface area contributed by atoms with Crippen LogP contribution in [-0.4, -0.2) is 23.2 Å². The number of nitro benzene ring substituents is 1. The summed E-state index contributed by atoms with van der Waals surface area (Å²) in [4.78, 5) is 10.4. The van der Waals surface area contributed by atoms with Gasteiger partial charge in [-0.3, -0.25) is 10.1 Å². The van der Waals surface area contributed by atoms with E-state index in [1.807, 2.05) is 0 Å². The van der Waals surface area contributed by atoms with Gasteiger partial charge in [-0.1, -0.05) is 28.1 Å². The molecule has 6 heteroatoms. The molecular formula is C10H10BrNO4. The summed E-state index contributed by atoms with van der Waals surface area (Å²) in [5.41, 5.74) is 0.663. The third-order valence-electron chi connectivity index (χ3n) is 2.38. The van der Waals surface area contributed by atoms with Crippen molar-refractivity contribution in [2.75, 3.05) is 13.4 Å². The van der Waals surface area contributed by atoms with Gasteiger partial charge in [0.25, 0.3) is 5.69 Å². The fourth-order valence-corrected chi connectivity index (χ4v) is 2.28. The lowest BCUT2D eigenvalue weighted by molar-refractivity contribution is -0.386. The van der Waals surface area contributed by atoms with Crippen LogP contribution in [0.1, 0.15) is 11.7 Å². The van der Waals surface area contributed by atoms with Gasteiger partial charge in [-0.25, -0.2) is 0 Å². The van der Waals surface area contributed by atoms with E-state index in [1.165, 1.54) is 6.07 Å². The first kappa shape index (κ1) is 11.5. The minimum atomic E-state index is -0.395. The molecule has 0 spiro atoms. The number of hydrogen-bond donors (Lipinski definition) is 0. The Kier molecular flexibility index (Phi) is 3.52. The summed E-state index contributed by atoms with van der Waals surface area (Å²) >= 11 is 3.40. The van der Waals surface area contributed by atoms with Crippen molar-refractivity contribution in [2.45, 2.75) is 10.9 Å². The Hall–Kier alpha value is -0.980. The number of rotatable bonds is 2. The van der Waals surface area contributed by atoms with Crippen molar-refractivity contribution in [1.29, 1.82) is 0 Å². The Morgan fingerprint density at radius 2 is 2.19 bits per heavy atom. The van der Waals surface area contributed by atoms with Gasteiger partial charge in [0.2, 0.25) is 0 Å². The Morgan fingerprint density at radius 1 is 1.44 bits per heavy atom. The number of halogens is 1. The molecule has 86 valence electrons. The molecule has 2 atom stereocenters. The van der Waals surface area contributed by atoms with Crippen LogP contribution in [0.2, 0.25) is 0 Å². The summed E-state index contributed by atoms with van der Waals surface area (Å²) < 4.78 is 10.5. The SMILES string of the molecule is O=[N+]([O-])c1ccccc1[C@H]1OCOC[C@H]1Br. The molecule has 2 rings (SSSR count). The van der Waals surface area contributed by atoms with E-state index in [0.717, 1.165) is 0 Å². The fourth-order valence-electron chi connectivity index (χ4n) is 1.65. The molecular weight excluding hydrogens is 278 g/mol. The second kappa shape index (κ2) is 4.90. The summed E-state index contributed by atoms with van der Waals surface area (Å²) in [6, 6.07) is 6.60. The number of alkyl halides is 1. The van der Waals surface area contributed by atoms with Gasteiger partial charge in [0.1, 0.15) is 12.9 Å². The van der Waals surface area contributed by atoms with E-state index in [4.69, 9.17) is 9.47 Å². The van der Waals surface area contributed by atoms with Crippen LogP contribution in [0.5, 0.6) is 0 Å². The highest BCUT2D eigenvalue weighted by atomic mass is 79.9. The number of ether oxygens (including phenoxy) is 2. The molecule has 1 aromatic carbocycles. The van der Waals surface area contributed by atoms with Gasteiger partial charge in [0, 0.05) is 6.07 Å². The van der Waals surface area contributed by atoms with Crippen LogP contribution in [-0.2, 0) is 9.47 Å². The zero-order valence-electron chi connectivity index (χ0n) is 8.34. The summed E-state index contributed by atoms with van der Waals surface area (Å²) in [6.07, 6.45) is -0.338. The Bertz CT molecular complexity index is 398. The smallest absolute Gasteiger partial charge is 0.275 e. The average molecular weight is 288 g/mol. The molecule has 0 saturated carbocycles. The van der Waals surface area contributed by atoms with Crippen LogP contribution in [0.4, 0.5) is 5.69 Å². The van der Waals surface area contributed by atoms with E-state index in [2.05, 4.69) is 15.9 Å². The monoisotopic (exact) mass is 287 g/mol. The van der Waals surface area contributed by atoms with Crippen molar-refractivity contribution >= 4 is 21.6 Å². The zero-order valence-corrected chi connectivity index (χ0v) is 9.92. The highest BCUT2D eigenvalue weighted by molar-refractivity contribution is 9.09. The predicted octanol–water partition coefficient (Wildman–Crippen LogP) is 2.40. The average Bonchev–Trinajstić information content (AvgIpc) is 2.29. The lowest BCUT2D eigenvalue weighted by atomic mass is 10.0. The molecule has 1 aromatic rings. The molecule has 1 saturated heterocycles. The van der Waals surface area contributed by atoms with Gasteiger partial charge in [0.05, 0.1) is 21.9 Å². The normalized spacial score (nSPS) is 25.3. The molecule has 1 aliphatic rings. The van der Waals surface area contributed by atoms with E-state index in [1.54, 1.807) is 18.2 Å². The van der Waals surface area contributed by atoms with Crippen molar-refractivity contribution in [3.8, 4) is 0 Å². The number of benzene rings is 1. The predicted molar refractivity (Wildman–Crippen MR) is 60.5 cm³/mol. The zero-order chi connectivity index (χ0) is 11.5. The maximum absolute atomic E-state index is 10.9. The Balaban J connectivity index is 2.34. The molecule has 0 bridgehead atoms. The first-order valence-corrected chi connectivity index (χ1v) is 5.68. The number of nitrogens with zero attached hydrogens (tertiary/aromatic N) is 1. The van der Waals surface area contributed by atoms with Crippen molar-refractivity contribution < 1.29 is 14.4 Å². The van der Waals surface area contributed by atoms with Crippen LogP contribution in [0.25, 0.3) is 0 Å². The molecule has 1 aliphatic heterocycles. The van der Waals surface area contributed by atoms with Crippen LogP contribution in [0.3, 0.4) is 0 Å². The maximum Gasteiger partial charge on any atom is 0.275 e. The van der Waals surface area contributed by atoms with Crippen molar-refractivity contribution in [1.82, 2.24) is 0 Å². The number of nitro groups is 1. The van der Waals surface area contributed by atoms with Crippen molar-refractivity contribution in [2.24, 2.45) is 0 Å². The summed E-state index contributed by atoms with van der Waals surface area (Å²) in [7, 11) is 0. The Morgan fingerprint density at radius 3 is 2.88 bits per heavy atom. The number of para-hydroxylation sites is 1. The van der Waals surface area contributed by atoms with E-state index in [0.29, 0.717) is 12.2 Å². The van der Waals surface area contributed by atoms with Gasteiger partial charge >= 0.3 is 0 Å². The van der Waals surface area contributed by atoms with Crippen LogP contribution < -0.4 is 0 Å². The molecule has 1 heterocycles. The van der Waals surface area contributed by atoms with E-state index in [-0.39, 0.29) is 23.4 Å². The topological polar surface area (TPSA) is 61.6 Å². The molecule has 0 radical (unpaired) electrons. The number of hydrogen-bond acceptors (Lipinski definition) is 4. The lowest BCUT2D eigenvalue weighted by Gasteiger charge is -2.27. The van der Waals surface area contributed by atoms with Crippen LogP contribution >= 0.6 is 15.9 Å². The molecule has 0 amide bonds. The van der Waals surface area contributed by atoms with Gasteiger partial charge in [0.15, 0.2) is 0 Å². The summed E-state index contributed by atoms with van der Waals surface area (Å²) in [5.74, 6) is 0. The van der Waals surface area contributed by atoms with Crippen LogP contribution in [0, 0.1) is 10.1 Å². The Labute approximate surface area is 101 Å². The third kappa shape index (κ3) is 2.23. The van der Waals surface area contributed by atoms with Gasteiger partial charge in [-0.2, -0.15) is 0 Å². The minimum Gasteiger partial charge on any atom is -0.354 e.